The molecule has 0 radical (unpaired) electrons. The maximum atomic E-state index is 15.0. The summed E-state index contributed by atoms with van der Waals surface area (Å²) < 4.78 is 20.4. The maximum absolute atomic E-state index is 15.0. The molecule has 0 saturated heterocycles. The van der Waals surface area contributed by atoms with Gasteiger partial charge in [0.25, 0.3) is 5.91 Å². The molecule has 6 heteroatoms. The standard InChI is InChI=1S/C26H25FN2O3/c27-21-12-4-5-13-22(21)29-25(31)20-11-3-2-10-19(20)23(26(29)14-6-1-7-15-26)24(30)28-17-18-9-8-16-32-18/h2-5,8-13,16,23H,1,6-7,14-15,17H2,(H,28,30)/t23-/m1/s1. The molecule has 2 amide bonds. The van der Waals surface area contributed by atoms with Crippen molar-refractivity contribution in [3.05, 3.63) is 89.6 Å². The van der Waals surface area contributed by atoms with Crippen LogP contribution in [-0.4, -0.2) is 17.4 Å². The molecular weight excluding hydrogens is 407 g/mol. The number of fused-ring (bicyclic) bond motifs is 1. The minimum atomic E-state index is -0.820. The summed E-state index contributed by atoms with van der Waals surface area (Å²) in [5, 5.41) is 3.00. The summed E-state index contributed by atoms with van der Waals surface area (Å²) in [6.07, 6.45) is 5.63. The highest BCUT2D eigenvalue weighted by Crippen LogP contribution is 2.51. The number of nitrogens with zero attached hydrogens (tertiary/aromatic N) is 1. The number of rotatable bonds is 4. The molecule has 1 N–H and O–H groups in total. The number of carbonyl (C=O) groups is 2. The van der Waals surface area contributed by atoms with Crippen LogP contribution in [0.4, 0.5) is 10.1 Å². The van der Waals surface area contributed by atoms with Crippen LogP contribution in [-0.2, 0) is 11.3 Å². The number of anilines is 1. The lowest BCUT2D eigenvalue weighted by Gasteiger charge is -2.53. The van der Waals surface area contributed by atoms with Crippen LogP contribution in [0, 0.1) is 5.82 Å². The Balaban J connectivity index is 1.65. The third-order valence-electron chi connectivity index (χ3n) is 6.78. The molecule has 2 aliphatic rings. The lowest BCUT2D eigenvalue weighted by molar-refractivity contribution is -0.124. The Hall–Kier alpha value is -3.41. The number of para-hydroxylation sites is 1. The van der Waals surface area contributed by atoms with Gasteiger partial charge in [-0.3, -0.25) is 14.5 Å². The molecule has 1 spiro atoms. The Bertz CT molecular complexity index is 1140. The van der Waals surface area contributed by atoms with Crippen LogP contribution in [0.25, 0.3) is 0 Å². The van der Waals surface area contributed by atoms with Crippen LogP contribution in [0.15, 0.2) is 71.3 Å². The third kappa shape index (κ3) is 3.30. The van der Waals surface area contributed by atoms with Gasteiger partial charge in [0.1, 0.15) is 11.6 Å². The number of hydrogen-bond donors (Lipinski definition) is 1. The highest BCUT2D eigenvalue weighted by atomic mass is 19.1. The van der Waals surface area contributed by atoms with Gasteiger partial charge in [-0.1, -0.05) is 49.6 Å². The second-order valence-electron chi connectivity index (χ2n) is 8.57. The molecule has 1 aromatic heterocycles. The minimum absolute atomic E-state index is 0.176. The number of nitrogens with one attached hydrogen (secondary N) is 1. The van der Waals surface area contributed by atoms with E-state index in [-0.39, 0.29) is 24.0 Å². The molecule has 5 rings (SSSR count). The van der Waals surface area contributed by atoms with E-state index in [4.69, 9.17) is 4.42 Å². The van der Waals surface area contributed by atoms with Gasteiger partial charge in [0.15, 0.2) is 0 Å². The first-order valence-corrected chi connectivity index (χ1v) is 11.1. The largest absolute Gasteiger partial charge is 0.467 e. The molecule has 1 atom stereocenters. The molecule has 0 bridgehead atoms. The van der Waals surface area contributed by atoms with Crippen molar-refractivity contribution >= 4 is 17.5 Å². The van der Waals surface area contributed by atoms with Crippen molar-refractivity contribution in [2.45, 2.75) is 50.1 Å². The average molecular weight is 432 g/mol. The normalized spacial score (nSPS) is 19.6. The van der Waals surface area contributed by atoms with Crippen LogP contribution in [0.2, 0.25) is 0 Å². The summed E-state index contributed by atoms with van der Waals surface area (Å²) in [5.74, 6) is -0.833. The minimum Gasteiger partial charge on any atom is -0.467 e. The van der Waals surface area contributed by atoms with Gasteiger partial charge in [-0.25, -0.2) is 4.39 Å². The first kappa shape index (κ1) is 20.5. The van der Waals surface area contributed by atoms with E-state index in [2.05, 4.69) is 5.32 Å². The topological polar surface area (TPSA) is 62.6 Å². The summed E-state index contributed by atoms with van der Waals surface area (Å²) in [5.41, 5.74) is 0.575. The number of benzene rings is 2. The van der Waals surface area contributed by atoms with Gasteiger partial charge in [0.05, 0.1) is 30.0 Å². The van der Waals surface area contributed by atoms with E-state index < -0.39 is 17.3 Å². The maximum Gasteiger partial charge on any atom is 0.259 e. The molecule has 1 aliphatic carbocycles. The molecule has 2 heterocycles. The average Bonchev–Trinajstić information content (AvgIpc) is 3.33. The van der Waals surface area contributed by atoms with Crippen LogP contribution < -0.4 is 10.2 Å². The monoisotopic (exact) mass is 432 g/mol. The van der Waals surface area contributed by atoms with Crippen molar-refractivity contribution < 1.29 is 18.4 Å². The van der Waals surface area contributed by atoms with Crippen LogP contribution in [0.5, 0.6) is 0 Å². The predicted octanol–water partition coefficient (Wildman–Crippen LogP) is 5.18. The zero-order chi connectivity index (χ0) is 22.1. The zero-order valence-electron chi connectivity index (χ0n) is 17.7. The second kappa shape index (κ2) is 8.26. The van der Waals surface area contributed by atoms with Crippen molar-refractivity contribution in [2.24, 2.45) is 0 Å². The van der Waals surface area contributed by atoms with E-state index in [1.807, 2.05) is 12.1 Å². The molecule has 1 fully saturated rings. The zero-order valence-corrected chi connectivity index (χ0v) is 17.7. The van der Waals surface area contributed by atoms with E-state index >= 15 is 4.39 Å². The Kier molecular flexibility index (Phi) is 5.29. The Morgan fingerprint density at radius 3 is 2.53 bits per heavy atom. The number of halogens is 1. The van der Waals surface area contributed by atoms with Gasteiger partial charge in [-0.15, -0.1) is 0 Å². The van der Waals surface area contributed by atoms with Gasteiger partial charge >= 0.3 is 0 Å². The fourth-order valence-corrected chi connectivity index (χ4v) is 5.42. The van der Waals surface area contributed by atoms with Crippen LogP contribution in [0.1, 0.15) is 59.7 Å². The van der Waals surface area contributed by atoms with Crippen molar-refractivity contribution in [2.75, 3.05) is 4.90 Å². The molecule has 5 nitrogen and oxygen atoms in total. The van der Waals surface area contributed by atoms with Gasteiger partial charge in [-0.2, -0.15) is 0 Å². The SMILES string of the molecule is O=C(NCc1ccco1)[C@H]1c2ccccc2C(=O)N(c2ccccc2F)C12CCCCC2. The Morgan fingerprint density at radius 2 is 1.78 bits per heavy atom. The summed E-state index contributed by atoms with van der Waals surface area (Å²) in [4.78, 5) is 29.1. The predicted molar refractivity (Wildman–Crippen MR) is 119 cm³/mol. The Labute approximate surface area is 186 Å². The molecule has 3 aromatic rings. The molecule has 1 aliphatic heterocycles. The molecule has 1 saturated carbocycles. The number of furan rings is 1. The summed E-state index contributed by atoms with van der Waals surface area (Å²) in [7, 11) is 0. The van der Waals surface area contributed by atoms with E-state index in [1.165, 1.54) is 6.07 Å². The van der Waals surface area contributed by atoms with Crippen molar-refractivity contribution in [3.63, 3.8) is 0 Å². The summed E-state index contributed by atoms with van der Waals surface area (Å²) in [6, 6.07) is 17.2. The third-order valence-corrected chi connectivity index (χ3v) is 6.78. The van der Waals surface area contributed by atoms with Gasteiger partial charge in [0, 0.05) is 5.56 Å². The van der Waals surface area contributed by atoms with Crippen LogP contribution >= 0.6 is 0 Å². The van der Waals surface area contributed by atoms with Crippen LogP contribution in [0.3, 0.4) is 0 Å². The fourth-order valence-electron chi connectivity index (χ4n) is 5.42. The van der Waals surface area contributed by atoms with Gasteiger partial charge in [0.2, 0.25) is 5.91 Å². The second-order valence-corrected chi connectivity index (χ2v) is 8.57. The molecular formula is C26H25FN2O3. The van der Waals surface area contributed by atoms with Crippen molar-refractivity contribution in [3.8, 4) is 0 Å². The van der Waals surface area contributed by atoms with Gasteiger partial charge in [-0.05, 0) is 48.7 Å². The Morgan fingerprint density at radius 1 is 1.03 bits per heavy atom. The number of hydrogen-bond acceptors (Lipinski definition) is 3. The van der Waals surface area contributed by atoms with Gasteiger partial charge < -0.3 is 9.73 Å². The smallest absolute Gasteiger partial charge is 0.259 e. The summed E-state index contributed by atoms with van der Waals surface area (Å²) in [6.45, 7) is 0.258. The number of amides is 2. The van der Waals surface area contributed by atoms with E-state index in [1.54, 1.807) is 53.6 Å². The van der Waals surface area contributed by atoms with E-state index in [9.17, 15) is 9.59 Å². The first-order valence-electron chi connectivity index (χ1n) is 11.1. The fraction of sp³-hybridized carbons (Fsp3) is 0.308. The van der Waals surface area contributed by atoms with E-state index in [0.29, 0.717) is 29.7 Å². The van der Waals surface area contributed by atoms with Crippen molar-refractivity contribution in [1.29, 1.82) is 0 Å². The lowest BCUT2D eigenvalue weighted by Crippen LogP contribution is -2.63. The molecule has 0 unspecified atom stereocenters. The molecule has 164 valence electrons. The summed E-state index contributed by atoms with van der Waals surface area (Å²) >= 11 is 0. The quantitative estimate of drug-likeness (QED) is 0.618. The van der Waals surface area contributed by atoms with Crippen molar-refractivity contribution in [1.82, 2.24) is 5.32 Å². The number of carbonyl (C=O) groups excluding carboxylic acids is 2. The highest BCUT2D eigenvalue weighted by molar-refractivity contribution is 6.12. The first-order chi connectivity index (χ1) is 15.6. The highest BCUT2D eigenvalue weighted by Gasteiger charge is 2.55. The lowest BCUT2D eigenvalue weighted by atomic mass is 9.65. The molecule has 32 heavy (non-hydrogen) atoms. The molecule has 2 aromatic carbocycles. The van der Waals surface area contributed by atoms with E-state index in [0.717, 1.165) is 19.3 Å².